The molecule has 3 aromatic rings. The predicted octanol–water partition coefficient (Wildman–Crippen LogP) is 4.74. The van der Waals surface area contributed by atoms with E-state index in [0.717, 1.165) is 17.1 Å². The first-order valence-electron chi connectivity index (χ1n) is 8.52. The molecule has 27 heavy (non-hydrogen) atoms. The van der Waals surface area contributed by atoms with Crippen molar-refractivity contribution in [3.63, 3.8) is 0 Å². The number of ether oxygens (including phenoxy) is 3. The van der Waals surface area contributed by atoms with E-state index in [0.29, 0.717) is 23.8 Å². The van der Waals surface area contributed by atoms with Gasteiger partial charge in [0.2, 0.25) is 5.90 Å². The molecule has 0 spiro atoms. The number of oxime groups is 1. The number of para-hydroxylation sites is 1. The SMILES string of the molecule is COc1cncc(OC2=NO[C@H](c3ccc(Oc4ccccc4)cc3)C2)c1. The maximum absolute atomic E-state index is 5.80. The van der Waals surface area contributed by atoms with E-state index in [1.54, 1.807) is 25.6 Å². The third-order valence-corrected chi connectivity index (χ3v) is 4.03. The van der Waals surface area contributed by atoms with Crippen molar-refractivity contribution < 1.29 is 19.0 Å². The van der Waals surface area contributed by atoms with Crippen LogP contribution in [-0.2, 0) is 4.84 Å². The summed E-state index contributed by atoms with van der Waals surface area (Å²) < 4.78 is 16.7. The molecular weight excluding hydrogens is 344 g/mol. The number of hydrogen-bond donors (Lipinski definition) is 0. The van der Waals surface area contributed by atoms with Gasteiger partial charge in [-0.05, 0) is 29.8 Å². The second-order valence-corrected chi connectivity index (χ2v) is 5.93. The van der Waals surface area contributed by atoms with Crippen molar-refractivity contribution in [2.75, 3.05) is 7.11 Å². The van der Waals surface area contributed by atoms with Gasteiger partial charge in [0.25, 0.3) is 0 Å². The summed E-state index contributed by atoms with van der Waals surface area (Å²) in [6.07, 6.45) is 3.57. The smallest absolute Gasteiger partial charge is 0.235 e. The van der Waals surface area contributed by atoms with Gasteiger partial charge in [0.15, 0.2) is 11.9 Å². The van der Waals surface area contributed by atoms with Crippen LogP contribution < -0.4 is 14.2 Å². The summed E-state index contributed by atoms with van der Waals surface area (Å²) in [5, 5.41) is 4.03. The van der Waals surface area contributed by atoms with Crippen LogP contribution in [0.4, 0.5) is 0 Å². The highest BCUT2D eigenvalue weighted by atomic mass is 16.7. The summed E-state index contributed by atoms with van der Waals surface area (Å²) in [4.78, 5) is 9.57. The van der Waals surface area contributed by atoms with Gasteiger partial charge in [-0.25, -0.2) is 0 Å². The van der Waals surface area contributed by atoms with Crippen molar-refractivity contribution in [2.45, 2.75) is 12.5 Å². The second-order valence-electron chi connectivity index (χ2n) is 5.93. The topological polar surface area (TPSA) is 62.2 Å². The molecule has 1 aliphatic heterocycles. The number of hydrogen-bond acceptors (Lipinski definition) is 6. The fourth-order valence-corrected chi connectivity index (χ4v) is 2.67. The molecule has 2 aromatic carbocycles. The summed E-state index contributed by atoms with van der Waals surface area (Å²) in [6.45, 7) is 0. The quantitative estimate of drug-likeness (QED) is 0.656. The van der Waals surface area contributed by atoms with E-state index in [-0.39, 0.29) is 6.10 Å². The zero-order chi connectivity index (χ0) is 18.5. The van der Waals surface area contributed by atoms with Crippen LogP contribution in [0, 0.1) is 0 Å². The monoisotopic (exact) mass is 362 g/mol. The van der Waals surface area contributed by atoms with Gasteiger partial charge in [0.1, 0.15) is 17.2 Å². The highest BCUT2D eigenvalue weighted by Crippen LogP contribution is 2.30. The lowest BCUT2D eigenvalue weighted by atomic mass is 10.1. The molecule has 1 aliphatic rings. The van der Waals surface area contributed by atoms with E-state index in [4.69, 9.17) is 19.0 Å². The van der Waals surface area contributed by atoms with Crippen LogP contribution in [0.3, 0.4) is 0 Å². The Morgan fingerprint density at radius 3 is 2.37 bits per heavy atom. The van der Waals surface area contributed by atoms with Gasteiger partial charge >= 0.3 is 0 Å². The maximum atomic E-state index is 5.80. The Kier molecular flexibility index (Phi) is 4.87. The van der Waals surface area contributed by atoms with E-state index >= 15 is 0 Å². The van der Waals surface area contributed by atoms with Gasteiger partial charge in [0.05, 0.1) is 25.9 Å². The van der Waals surface area contributed by atoms with Gasteiger partial charge in [-0.3, -0.25) is 4.98 Å². The van der Waals surface area contributed by atoms with Crippen molar-refractivity contribution >= 4 is 5.90 Å². The van der Waals surface area contributed by atoms with Gasteiger partial charge in [-0.1, -0.05) is 35.5 Å². The molecule has 0 radical (unpaired) electrons. The van der Waals surface area contributed by atoms with Crippen LogP contribution in [-0.4, -0.2) is 18.0 Å². The number of benzene rings is 2. The number of pyridine rings is 1. The van der Waals surface area contributed by atoms with Crippen LogP contribution in [0.1, 0.15) is 18.1 Å². The Bertz CT molecular complexity index is 926. The molecule has 4 rings (SSSR count). The summed E-state index contributed by atoms with van der Waals surface area (Å²) >= 11 is 0. The van der Waals surface area contributed by atoms with Crippen LogP contribution in [0.2, 0.25) is 0 Å². The van der Waals surface area contributed by atoms with E-state index in [9.17, 15) is 0 Å². The lowest BCUT2D eigenvalue weighted by molar-refractivity contribution is 0.0855. The molecule has 6 heteroatoms. The molecule has 1 aromatic heterocycles. The van der Waals surface area contributed by atoms with Crippen molar-refractivity contribution in [1.29, 1.82) is 0 Å². The summed E-state index contributed by atoms with van der Waals surface area (Å²) in [6, 6.07) is 19.2. The predicted molar refractivity (Wildman–Crippen MR) is 100 cm³/mol. The van der Waals surface area contributed by atoms with E-state index in [2.05, 4.69) is 10.1 Å². The molecule has 2 heterocycles. The minimum Gasteiger partial charge on any atom is -0.495 e. The van der Waals surface area contributed by atoms with Crippen LogP contribution in [0.5, 0.6) is 23.0 Å². The number of rotatable bonds is 5. The highest BCUT2D eigenvalue weighted by molar-refractivity contribution is 5.79. The Labute approximate surface area is 157 Å². The lowest BCUT2D eigenvalue weighted by Gasteiger charge is -2.10. The average Bonchev–Trinajstić information content (AvgIpc) is 3.18. The van der Waals surface area contributed by atoms with Gasteiger partial charge in [-0.15, -0.1) is 0 Å². The molecular formula is C21H18N2O4. The largest absolute Gasteiger partial charge is 0.495 e. The molecule has 0 saturated carbocycles. The van der Waals surface area contributed by atoms with Crippen molar-refractivity contribution in [1.82, 2.24) is 4.98 Å². The standard InChI is InChI=1S/C21H18N2O4/c1-24-18-11-19(14-22-13-18)26-21-12-20(27-23-21)15-7-9-17(10-8-15)25-16-5-3-2-4-6-16/h2-11,13-14,20H,12H2,1H3/t20-/m0/s1. The number of aromatic nitrogens is 1. The summed E-state index contributed by atoms with van der Waals surface area (Å²) in [5.41, 5.74) is 1.00. The zero-order valence-electron chi connectivity index (χ0n) is 14.7. The van der Waals surface area contributed by atoms with Crippen LogP contribution >= 0.6 is 0 Å². The van der Waals surface area contributed by atoms with Crippen molar-refractivity contribution in [2.24, 2.45) is 5.16 Å². The van der Waals surface area contributed by atoms with Crippen molar-refractivity contribution in [3.8, 4) is 23.0 Å². The minimum absolute atomic E-state index is 0.190. The summed E-state index contributed by atoms with van der Waals surface area (Å²) in [7, 11) is 1.58. The van der Waals surface area contributed by atoms with Gasteiger partial charge in [-0.2, -0.15) is 0 Å². The molecule has 0 N–H and O–H groups in total. The molecule has 0 fully saturated rings. The normalized spacial score (nSPS) is 15.6. The Balaban J connectivity index is 1.36. The zero-order valence-corrected chi connectivity index (χ0v) is 14.7. The fraction of sp³-hybridized carbons (Fsp3) is 0.143. The summed E-state index contributed by atoms with van der Waals surface area (Å²) in [5.74, 6) is 3.25. The van der Waals surface area contributed by atoms with Crippen LogP contribution in [0.25, 0.3) is 0 Å². The molecule has 0 saturated heterocycles. The first-order valence-corrected chi connectivity index (χ1v) is 8.52. The molecule has 0 aliphatic carbocycles. The molecule has 136 valence electrons. The lowest BCUT2D eigenvalue weighted by Crippen LogP contribution is -2.07. The first-order chi connectivity index (χ1) is 13.3. The van der Waals surface area contributed by atoms with Crippen LogP contribution in [0.15, 0.2) is 78.2 Å². The highest BCUT2D eigenvalue weighted by Gasteiger charge is 2.24. The van der Waals surface area contributed by atoms with Crippen molar-refractivity contribution in [3.05, 3.63) is 78.6 Å². The third kappa shape index (κ3) is 4.17. The van der Waals surface area contributed by atoms with Gasteiger partial charge in [0, 0.05) is 6.07 Å². The molecule has 6 nitrogen and oxygen atoms in total. The molecule has 0 amide bonds. The number of methoxy groups -OCH3 is 1. The Morgan fingerprint density at radius 1 is 0.852 bits per heavy atom. The first kappa shape index (κ1) is 16.9. The Hall–Kier alpha value is -3.54. The van der Waals surface area contributed by atoms with E-state index in [1.165, 1.54) is 0 Å². The third-order valence-electron chi connectivity index (χ3n) is 4.03. The molecule has 0 bridgehead atoms. The van der Waals surface area contributed by atoms with E-state index in [1.807, 2.05) is 54.6 Å². The number of nitrogens with zero attached hydrogens (tertiary/aromatic N) is 2. The average molecular weight is 362 g/mol. The second kappa shape index (κ2) is 7.78. The fourth-order valence-electron chi connectivity index (χ4n) is 2.67. The minimum atomic E-state index is -0.190. The molecule has 1 atom stereocenters. The van der Waals surface area contributed by atoms with Gasteiger partial charge < -0.3 is 19.0 Å². The van der Waals surface area contributed by atoms with E-state index < -0.39 is 0 Å². The maximum Gasteiger partial charge on any atom is 0.235 e. The Morgan fingerprint density at radius 2 is 1.59 bits per heavy atom. The molecule has 0 unspecified atom stereocenters.